The molecular weight excluding hydrogens is 1010 g/mol. The van der Waals surface area contributed by atoms with Gasteiger partial charge in [-0.05, 0) is 33.3 Å². The Balaban J connectivity index is 0.000000255. The number of rotatable bonds is 20. The lowest BCUT2D eigenvalue weighted by molar-refractivity contribution is -0.154. The number of carbonyl (C=O) groups excluding carboxylic acids is 3. The van der Waals surface area contributed by atoms with Gasteiger partial charge < -0.3 is 61.8 Å². The van der Waals surface area contributed by atoms with Crippen molar-refractivity contribution in [3.05, 3.63) is 85.9 Å². The molecule has 13 N–H and O–H groups in total. The third-order valence-electron chi connectivity index (χ3n) is 9.71. The van der Waals surface area contributed by atoms with Crippen LogP contribution in [-0.2, 0) is 69.6 Å². The highest BCUT2D eigenvalue weighted by atomic mass is 16.5. The topological polar surface area (TPSA) is 434 Å². The van der Waals surface area contributed by atoms with Gasteiger partial charge in [-0.15, -0.1) is 0 Å². The quantitative estimate of drug-likeness (QED) is 0.0362. The molecule has 0 fully saturated rings. The molecule has 0 saturated heterocycles. The van der Waals surface area contributed by atoms with E-state index in [1.54, 1.807) is 16.2 Å². The van der Waals surface area contributed by atoms with Crippen LogP contribution in [0.25, 0.3) is 33.5 Å². The smallest absolute Gasteiger partial charge is 0.311 e. The first-order valence-corrected chi connectivity index (χ1v) is 23.8. The second-order valence-corrected chi connectivity index (χ2v) is 18.0. The summed E-state index contributed by atoms with van der Waals surface area (Å²) >= 11 is 0. The molecule has 0 aliphatic carbocycles. The third-order valence-corrected chi connectivity index (χ3v) is 9.71. The third kappa shape index (κ3) is 21.6. The number of aliphatic hydroxyl groups excluding tert-OH is 1. The molecule has 0 spiro atoms. The van der Waals surface area contributed by atoms with Crippen LogP contribution in [-0.4, -0.2) is 148 Å². The summed E-state index contributed by atoms with van der Waals surface area (Å²) in [7, 11) is 1.60. The van der Waals surface area contributed by atoms with Crippen LogP contribution in [0.4, 0.5) is 17.8 Å². The normalized spacial score (nSPS) is 11.1. The Morgan fingerprint density at radius 2 is 1.05 bits per heavy atom. The minimum Gasteiger partial charge on any atom is -0.460 e. The Kier molecular flexibility index (Phi) is 26.1. The van der Waals surface area contributed by atoms with Crippen LogP contribution in [0.1, 0.15) is 54.0 Å². The zero-order valence-electron chi connectivity index (χ0n) is 44.5. The number of anilines is 3. The molecule has 7 aromatic rings. The van der Waals surface area contributed by atoms with Crippen LogP contribution in [0, 0.1) is 10.8 Å². The lowest BCUT2D eigenvalue weighted by Crippen LogP contribution is -2.38. The molecule has 1 amide bonds. The maximum absolute atomic E-state index is 11.5. The highest BCUT2D eigenvalue weighted by Crippen LogP contribution is 2.17. The van der Waals surface area contributed by atoms with Gasteiger partial charge in [0.2, 0.25) is 23.8 Å². The lowest BCUT2D eigenvalue weighted by Gasteiger charge is -2.16. The van der Waals surface area contributed by atoms with Gasteiger partial charge in [-0.25, -0.2) is 15.0 Å². The van der Waals surface area contributed by atoms with E-state index in [1.807, 2.05) is 78.8 Å². The van der Waals surface area contributed by atoms with E-state index in [1.165, 1.54) is 23.5 Å². The maximum Gasteiger partial charge on any atom is 0.311 e. The van der Waals surface area contributed by atoms with Gasteiger partial charge in [-0.1, -0.05) is 51.1 Å². The number of ketones is 1. The molecule has 0 atom stereocenters. The average Bonchev–Trinajstić information content (AvgIpc) is 4.11. The van der Waals surface area contributed by atoms with Crippen LogP contribution in [0.5, 0.6) is 0 Å². The molecule has 0 saturated carbocycles. The van der Waals surface area contributed by atoms with Crippen molar-refractivity contribution < 1.29 is 47.9 Å². The SMILES string of the molecule is CC(C)(C)C(=O)CNC(=O)CN.CC(C)(C)C(=O)OCc1ccccc1.CCOCCOCn1cnc2c(=O)[nH]c(N)nc21.COCCOCn1cnc2c(=O)[nH]c(N)nc21.Nc1nc2c(ncn2COCCO)c(=O)[nH]1. The van der Waals surface area contributed by atoms with Gasteiger partial charge in [0.25, 0.3) is 16.7 Å². The van der Waals surface area contributed by atoms with Gasteiger partial charge in [0.15, 0.2) is 39.3 Å². The van der Waals surface area contributed by atoms with E-state index >= 15 is 0 Å². The van der Waals surface area contributed by atoms with Crippen LogP contribution < -0.4 is 44.9 Å². The Labute approximate surface area is 441 Å². The summed E-state index contributed by atoms with van der Waals surface area (Å²) in [6.07, 6.45) is 4.41. The standard InChI is InChI=1S/C12H16O2.C10H15N5O3.C9H13N5O3.C8H11N5O3.C8H16N2O2/c1-12(2,3)11(13)14-9-10-7-5-4-6-8-10;1-2-17-3-4-18-6-15-5-12-7-8(15)13-10(11)14-9(7)16;1-16-2-3-17-5-14-4-11-6-7(14)12-9(10)13-8(6)15;9-8-11-6-5(7(15)12-8)10-3-13(6)4-16-2-1-14;1-8(2,3)6(11)5-10-7(12)4-9/h4-8H,9H2,1-3H3;5H,2-4,6H2,1H3,(H3,11,13,14,16);4H,2-3,5H2,1H3,(H3,10,12,13,15);3,14H,1-2,4H2,(H3,9,11,12,15);4-5,9H2,1-3H3,(H,10,12). The molecule has 422 valence electrons. The first kappa shape index (κ1) is 63.3. The molecule has 30 nitrogen and oxygen atoms in total. The molecule has 0 radical (unpaired) electrons. The summed E-state index contributed by atoms with van der Waals surface area (Å²) < 4.78 is 35.7. The number of nitrogens with two attached hydrogens (primary N) is 4. The van der Waals surface area contributed by atoms with Crippen molar-refractivity contribution in [2.24, 2.45) is 16.6 Å². The van der Waals surface area contributed by atoms with Crippen molar-refractivity contribution in [2.75, 3.05) is 83.6 Å². The van der Waals surface area contributed by atoms with E-state index in [9.17, 15) is 28.8 Å². The Morgan fingerprint density at radius 1 is 0.636 bits per heavy atom. The molecule has 0 aliphatic rings. The predicted octanol–water partition coefficient (Wildman–Crippen LogP) is 0.155. The second kappa shape index (κ2) is 31.8. The summed E-state index contributed by atoms with van der Waals surface area (Å²) in [5, 5.41) is 11.0. The van der Waals surface area contributed by atoms with Gasteiger partial charge >= 0.3 is 5.97 Å². The van der Waals surface area contributed by atoms with Crippen molar-refractivity contribution >= 4 is 69.0 Å². The van der Waals surface area contributed by atoms with E-state index in [4.69, 9.17) is 56.5 Å². The number of fused-ring (bicyclic) bond motifs is 3. The lowest BCUT2D eigenvalue weighted by atomic mass is 9.91. The van der Waals surface area contributed by atoms with Crippen molar-refractivity contribution in [2.45, 2.75) is 75.3 Å². The number of aliphatic hydroxyl groups is 1. The number of methoxy groups -OCH3 is 1. The van der Waals surface area contributed by atoms with E-state index in [0.29, 0.717) is 56.6 Å². The average molecular weight is 1080 g/mol. The summed E-state index contributed by atoms with van der Waals surface area (Å²) in [5.41, 5.74) is 22.4. The molecule has 0 unspecified atom stereocenters. The fourth-order valence-corrected chi connectivity index (χ4v) is 5.61. The maximum atomic E-state index is 11.5. The number of Topliss-reactive ketones (excluding diaryl/α,β-unsaturated/α-hetero) is 1. The highest BCUT2D eigenvalue weighted by Gasteiger charge is 2.23. The number of amides is 1. The molecule has 6 aromatic heterocycles. The van der Waals surface area contributed by atoms with Gasteiger partial charge in [-0.2, -0.15) is 15.0 Å². The first-order valence-electron chi connectivity index (χ1n) is 23.8. The minimum atomic E-state index is -0.422. The summed E-state index contributed by atoms with van der Waals surface area (Å²) in [5.74, 6) is -0.315. The number of aromatic amines is 3. The minimum absolute atomic E-state index is 0.00398. The van der Waals surface area contributed by atoms with Gasteiger partial charge in [0.1, 0.15) is 26.8 Å². The van der Waals surface area contributed by atoms with Gasteiger partial charge in [-0.3, -0.25) is 57.4 Å². The molecule has 0 aliphatic heterocycles. The van der Waals surface area contributed by atoms with Crippen LogP contribution in [0.3, 0.4) is 0 Å². The van der Waals surface area contributed by atoms with Crippen LogP contribution in [0.2, 0.25) is 0 Å². The van der Waals surface area contributed by atoms with E-state index in [2.05, 4.69) is 50.2 Å². The molecule has 0 bridgehead atoms. The fraction of sp³-hybridized carbons (Fsp3) is 0.489. The number of ether oxygens (including phenoxy) is 6. The van der Waals surface area contributed by atoms with Crippen LogP contribution >= 0.6 is 0 Å². The molecular formula is C47H71N17O13. The Hall–Kier alpha value is -8.00. The number of hydrogen-bond donors (Lipinski definition) is 9. The molecule has 30 heteroatoms. The zero-order valence-corrected chi connectivity index (χ0v) is 44.5. The second-order valence-electron chi connectivity index (χ2n) is 18.0. The van der Waals surface area contributed by atoms with Crippen molar-refractivity contribution in [3.63, 3.8) is 0 Å². The monoisotopic (exact) mass is 1080 g/mol. The summed E-state index contributed by atoms with van der Waals surface area (Å²) in [6.45, 7) is 16.6. The number of nitrogens with zero attached hydrogens (tertiary/aromatic N) is 9. The number of nitrogens with one attached hydrogen (secondary N) is 4. The highest BCUT2D eigenvalue weighted by molar-refractivity contribution is 5.89. The van der Waals surface area contributed by atoms with Crippen LogP contribution in [0.15, 0.2) is 63.7 Å². The Morgan fingerprint density at radius 3 is 1.43 bits per heavy atom. The largest absolute Gasteiger partial charge is 0.460 e. The van der Waals surface area contributed by atoms with Crippen molar-refractivity contribution in [1.82, 2.24) is 63.9 Å². The molecule has 77 heavy (non-hydrogen) atoms. The molecule has 1 aromatic carbocycles. The number of esters is 1. The number of benzene rings is 1. The van der Waals surface area contributed by atoms with Crippen molar-refractivity contribution in [3.8, 4) is 0 Å². The first-order chi connectivity index (χ1) is 36.5. The zero-order chi connectivity index (χ0) is 57.1. The fourth-order valence-electron chi connectivity index (χ4n) is 5.61. The number of H-pyrrole nitrogens is 3. The molecule has 7 rings (SSSR count). The number of carbonyl (C=O) groups is 3. The van der Waals surface area contributed by atoms with Gasteiger partial charge in [0.05, 0.1) is 77.1 Å². The summed E-state index contributed by atoms with van der Waals surface area (Å²) in [4.78, 5) is 98.6. The Bertz CT molecular complexity index is 3100. The predicted molar refractivity (Wildman–Crippen MR) is 283 cm³/mol. The van der Waals surface area contributed by atoms with E-state index in [0.717, 1.165) is 5.56 Å². The summed E-state index contributed by atoms with van der Waals surface area (Å²) in [6, 6.07) is 9.68. The van der Waals surface area contributed by atoms with Crippen molar-refractivity contribution in [1.29, 1.82) is 0 Å². The van der Waals surface area contributed by atoms with Gasteiger partial charge in [0, 0.05) is 19.1 Å². The molecule has 6 heterocycles. The van der Waals surface area contributed by atoms with E-state index < -0.39 is 10.8 Å². The number of hydrogen-bond acceptors (Lipinski definition) is 23. The van der Waals surface area contributed by atoms with E-state index in [-0.39, 0.29) is 115 Å². The number of imidazole rings is 3. The number of nitrogen functional groups attached to an aromatic ring is 3. The number of aromatic nitrogens is 12.